The molecule has 5 heterocycles. The standard InChI is InChI=1S/C25H33N3O5S/c1-2-20-13-22(27-33-20)26-23(29)15-28-10-7-17(8-11-28)21(14-28)32-24(30)25(31,18-5-3-4-6-18)19-9-12-34-16-19/h9,12-13,16-18,21,31H,2-8,10-11,14-15H2,1H3/p+1/t17?,21?,25-,28?/m1/s1. The lowest BCUT2D eigenvalue weighted by molar-refractivity contribution is -0.939. The minimum Gasteiger partial charge on any atom is -0.454 e. The van der Waals surface area contributed by atoms with Gasteiger partial charge in [0.1, 0.15) is 12.3 Å². The van der Waals surface area contributed by atoms with Gasteiger partial charge in [0.15, 0.2) is 24.1 Å². The largest absolute Gasteiger partial charge is 0.454 e. The number of hydrogen-bond donors (Lipinski definition) is 2. The Morgan fingerprint density at radius 1 is 1.29 bits per heavy atom. The van der Waals surface area contributed by atoms with E-state index in [0.717, 1.165) is 63.8 Å². The Labute approximate surface area is 203 Å². The fourth-order valence-corrected chi connectivity index (χ4v) is 6.88. The maximum Gasteiger partial charge on any atom is 0.343 e. The number of aromatic nitrogens is 1. The van der Waals surface area contributed by atoms with E-state index < -0.39 is 11.6 Å². The third kappa shape index (κ3) is 4.41. The quantitative estimate of drug-likeness (QED) is 0.436. The van der Waals surface area contributed by atoms with Gasteiger partial charge in [-0.05, 0) is 29.7 Å². The number of nitrogens with zero attached hydrogens (tertiary/aromatic N) is 2. The maximum atomic E-state index is 13.5. The van der Waals surface area contributed by atoms with Gasteiger partial charge in [-0.15, -0.1) is 0 Å². The maximum absolute atomic E-state index is 13.5. The predicted molar refractivity (Wildman–Crippen MR) is 127 cm³/mol. The van der Waals surface area contributed by atoms with Crippen LogP contribution in [0.1, 0.15) is 56.8 Å². The highest BCUT2D eigenvalue weighted by atomic mass is 32.1. The summed E-state index contributed by atoms with van der Waals surface area (Å²) >= 11 is 1.48. The minimum absolute atomic E-state index is 0.109. The Morgan fingerprint density at radius 3 is 2.71 bits per heavy atom. The van der Waals surface area contributed by atoms with Crippen molar-refractivity contribution in [1.82, 2.24) is 5.16 Å². The molecule has 1 aliphatic carbocycles. The molecule has 1 unspecified atom stereocenters. The number of aryl methyl sites for hydroxylation is 1. The second-order valence-corrected chi connectivity index (χ2v) is 11.0. The van der Waals surface area contributed by atoms with E-state index in [-0.39, 0.29) is 23.8 Å². The highest BCUT2D eigenvalue weighted by Gasteiger charge is 2.53. The number of piperidine rings is 3. The van der Waals surface area contributed by atoms with E-state index in [2.05, 4.69) is 10.5 Å². The van der Waals surface area contributed by atoms with Gasteiger partial charge in [-0.25, -0.2) is 4.79 Å². The van der Waals surface area contributed by atoms with Crippen LogP contribution in [-0.4, -0.2) is 58.9 Å². The molecule has 4 fully saturated rings. The van der Waals surface area contributed by atoms with Gasteiger partial charge in [0.2, 0.25) is 0 Å². The summed E-state index contributed by atoms with van der Waals surface area (Å²) in [6.07, 6.45) is 5.97. The normalized spacial score (nSPS) is 28.5. The number of hydrogen-bond acceptors (Lipinski definition) is 7. The van der Waals surface area contributed by atoms with Crippen LogP contribution >= 0.6 is 11.3 Å². The van der Waals surface area contributed by atoms with Crippen molar-refractivity contribution >= 4 is 29.0 Å². The van der Waals surface area contributed by atoms with E-state index in [1.54, 1.807) is 6.07 Å². The second kappa shape index (κ2) is 9.43. The second-order valence-electron chi connectivity index (χ2n) is 10.3. The van der Waals surface area contributed by atoms with E-state index in [0.29, 0.717) is 29.0 Å². The summed E-state index contributed by atoms with van der Waals surface area (Å²) in [7, 11) is 0. The van der Waals surface area contributed by atoms with E-state index >= 15 is 0 Å². The topological polar surface area (TPSA) is 102 Å². The molecule has 0 aromatic carbocycles. The van der Waals surface area contributed by atoms with Gasteiger partial charge < -0.3 is 24.2 Å². The molecule has 34 heavy (non-hydrogen) atoms. The summed E-state index contributed by atoms with van der Waals surface area (Å²) in [6, 6.07) is 3.59. The van der Waals surface area contributed by atoms with Gasteiger partial charge in [0.05, 0.1) is 13.1 Å². The van der Waals surface area contributed by atoms with Crippen LogP contribution in [0.15, 0.2) is 27.4 Å². The molecule has 0 spiro atoms. The molecule has 2 aromatic rings. The van der Waals surface area contributed by atoms with Crippen LogP contribution in [0.2, 0.25) is 0 Å². The summed E-state index contributed by atoms with van der Waals surface area (Å²) in [5, 5.41) is 22.2. The lowest BCUT2D eigenvalue weighted by Gasteiger charge is -2.51. The van der Waals surface area contributed by atoms with Crippen LogP contribution in [-0.2, 0) is 26.3 Å². The number of thiophene rings is 1. The van der Waals surface area contributed by atoms with E-state index in [1.165, 1.54) is 11.3 Å². The molecule has 9 heteroatoms. The Morgan fingerprint density at radius 2 is 2.06 bits per heavy atom. The Balaban J connectivity index is 1.27. The molecule has 8 nitrogen and oxygen atoms in total. The summed E-state index contributed by atoms with van der Waals surface area (Å²) in [5.41, 5.74) is -0.938. The van der Waals surface area contributed by atoms with Crippen LogP contribution < -0.4 is 5.32 Å². The van der Waals surface area contributed by atoms with Gasteiger partial charge in [-0.3, -0.25) is 4.79 Å². The SMILES string of the molecule is CCc1cc(NC(=O)C[N+]23CCC(CC2)C(OC(=O)[C@](O)(c2ccsc2)C2CCCC2)C3)no1. The van der Waals surface area contributed by atoms with E-state index in [4.69, 9.17) is 9.26 Å². The zero-order valence-corrected chi connectivity index (χ0v) is 20.5. The molecule has 2 bridgehead atoms. The first-order valence-corrected chi connectivity index (χ1v) is 13.4. The lowest BCUT2D eigenvalue weighted by atomic mass is 9.80. The molecule has 2 aromatic heterocycles. The molecular weight excluding hydrogens is 454 g/mol. The van der Waals surface area contributed by atoms with Crippen molar-refractivity contribution in [2.45, 2.75) is 63.6 Å². The molecule has 1 amide bonds. The molecule has 2 atom stereocenters. The number of carbonyl (C=O) groups excluding carboxylic acids is 2. The smallest absolute Gasteiger partial charge is 0.343 e. The van der Waals surface area contributed by atoms with Crippen LogP contribution in [0.4, 0.5) is 5.82 Å². The number of aliphatic hydroxyl groups is 1. The molecular formula is C25H34N3O5S+. The van der Waals surface area contributed by atoms with Crippen LogP contribution in [0, 0.1) is 11.8 Å². The third-order valence-corrected chi connectivity index (χ3v) is 8.86. The van der Waals surface area contributed by atoms with Crippen molar-refractivity contribution in [1.29, 1.82) is 0 Å². The van der Waals surface area contributed by atoms with E-state index in [9.17, 15) is 14.7 Å². The van der Waals surface area contributed by atoms with Gasteiger partial charge in [-0.2, -0.15) is 11.3 Å². The first kappa shape index (κ1) is 23.5. The summed E-state index contributed by atoms with van der Waals surface area (Å²) in [4.78, 5) is 26.3. The Kier molecular flexibility index (Phi) is 6.52. The highest BCUT2D eigenvalue weighted by molar-refractivity contribution is 7.08. The number of anilines is 1. The van der Waals surface area contributed by atoms with Gasteiger partial charge >= 0.3 is 5.97 Å². The molecule has 6 rings (SSSR count). The molecule has 3 aliphatic heterocycles. The zero-order chi connectivity index (χ0) is 23.8. The summed E-state index contributed by atoms with van der Waals surface area (Å²) < 4.78 is 11.9. The average Bonchev–Trinajstić information content (AvgIpc) is 3.62. The van der Waals surface area contributed by atoms with Crippen LogP contribution in [0.25, 0.3) is 0 Å². The first-order valence-electron chi connectivity index (χ1n) is 12.5. The van der Waals surface area contributed by atoms with E-state index in [1.807, 2.05) is 23.8 Å². The van der Waals surface area contributed by atoms with Gasteiger partial charge in [0.25, 0.3) is 5.91 Å². The highest BCUT2D eigenvalue weighted by Crippen LogP contribution is 2.44. The monoisotopic (exact) mass is 488 g/mol. The van der Waals surface area contributed by atoms with Crippen LogP contribution in [0.5, 0.6) is 0 Å². The minimum atomic E-state index is -1.59. The molecule has 2 N–H and O–H groups in total. The van der Waals surface area contributed by atoms with Gasteiger partial charge in [0, 0.05) is 42.7 Å². The number of carbonyl (C=O) groups is 2. The van der Waals surface area contributed by atoms with Crippen LogP contribution in [0.3, 0.4) is 0 Å². The summed E-state index contributed by atoms with van der Waals surface area (Å²) in [5.74, 6) is 0.710. The number of esters is 1. The lowest BCUT2D eigenvalue weighted by Crippen LogP contribution is -2.66. The fraction of sp³-hybridized carbons (Fsp3) is 0.640. The number of rotatable bonds is 8. The number of quaternary nitrogens is 1. The predicted octanol–water partition coefficient (Wildman–Crippen LogP) is 3.47. The molecule has 184 valence electrons. The fourth-order valence-electron chi connectivity index (χ4n) is 6.17. The number of ether oxygens (including phenoxy) is 1. The molecule has 0 radical (unpaired) electrons. The van der Waals surface area contributed by atoms with Crippen molar-refractivity contribution in [3.8, 4) is 0 Å². The first-order chi connectivity index (χ1) is 16.4. The number of nitrogens with one attached hydrogen (secondary N) is 1. The molecule has 1 saturated carbocycles. The van der Waals surface area contributed by atoms with Gasteiger partial charge in [-0.1, -0.05) is 24.9 Å². The Bertz CT molecular complexity index is 1010. The van der Waals surface area contributed by atoms with Crippen molar-refractivity contribution in [3.05, 3.63) is 34.2 Å². The molecule has 3 saturated heterocycles. The van der Waals surface area contributed by atoms with Crippen molar-refractivity contribution in [2.24, 2.45) is 11.8 Å². The number of amides is 1. The summed E-state index contributed by atoms with van der Waals surface area (Å²) in [6.45, 7) is 4.67. The zero-order valence-electron chi connectivity index (χ0n) is 19.7. The van der Waals surface area contributed by atoms with Crippen molar-refractivity contribution < 1.29 is 28.4 Å². The molecule has 4 aliphatic rings. The van der Waals surface area contributed by atoms with Crippen molar-refractivity contribution in [3.63, 3.8) is 0 Å². The van der Waals surface area contributed by atoms with Crippen molar-refractivity contribution in [2.75, 3.05) is 31.5 Å². The average molecular weight is 489 g/mol. The third-order valence-electron chi connectivity index (χ3n) is 8.17. The Hall–Kier alpha value is -2.23. The number of fused-ring (bicyclic) bond motifs is 3.